The molecule has 0 bridgehead atoms. The van der Waals surface area contributed by atoms with Crippen LogP contribution in [0.5, 0.6) is 0 Å². The van der Waals surface area contributed by atoms with Crippen molar-refractivity contribution in [3.8, 4) is 0 Å². The normalized spacial score (nSPS) is 13.4. The fourth-order valence-electron chi connectivity index (χ4n) is 4.81. The van der Waals surface area contributed by atoms with E-state index in [0.717, 1.165) is 6.33 Å². The average Bonchev–Trinajstić information content (AvgIpc) is 3.70. The van der Waals surface area contributed by atoms with Gasteiger partial charge in [-0.05, 0) is 31.6 Å². The van der Waals surface area contributed by atoms with Gasteiger partial charge in [0.2, 0.25) is 0 Å². The number of amides is 4. The van der Waals surface area contributed by atoms with E-state index in [1.54, 1.807) is 0 Å². The highest BCUT2D eigenvalue weighted by Gasteiger charge is 2.29. The summed E-state index contributed by atoms with van der Waals surface area (Å²) in [6.07, 6.45) is 2.47. The number of carboxylic acid groups (broad SMARTS) is 2. The summed E-state index contributed by atoms with van der Waals surface area (Å²) < 4.78 is 0. The molecule has 20 heteroatoms. The van der Waals surface area contributed by atoms with Crippen LogP contribution in [0.15, 0.2) is 12.7 Å². The molecule has 11 N–H and O–H groups in total. The Kier molecular flexibility index (Phi) is 17.8. The SMILES string of the molecule is CC(C)C[C@@H](CN)NC(=O)c1nc[nH]c1C(=O)N[C@@H](C)C(=O)CNC[C@H](CC(C)C)NC(=O)c1nc[nH]c1C(=O)N[C@@H](CC(=O)O)C(=O)O.Cl. The molecule has 0 saturated heterocycles. The number of rotatable bonds is 21. The van der Waals surface area contributed by atoms with Gasteiger partial charge in [0, 0.05) is 25.2 Å². The predicted octanol–water partition coefficient (Wildman–Crippen LogP) is -0.563. The Balaban J connectivity index is 0.0000125. The van der Waals surface area contributed by atoms with Crippen molar-refractivity contribution < 1.29 is 43.8 Å². The van der Waals surface area contributed by atoms with Crippen molar-refractivity contribution in [2.24, 2.45) is 17.6 Å². The lowest BCUT2D eigenvalue weighted by Crippen LogP contribution is -2.47. The Hall–Kier alpha value is -4.88. The summed E-state index contributed by atoms with van der Waals surface area (Å²) in [6.45, 7) is 9.42. The minimum atomic E-state index is -1.74. The molecule has 0 fully saturated rings. The van der Waals surface area contributed by atoms with Crippen molar-refractivity contribution in [1.82, 2.24) is 46.5 Å². The van der Waals surface area contributed by atoms with E-state index in [2.05, 4.69) is 46.5 Å². The monoisotopic (exact) mass is 726 g/mol. The molecule has 278 valence electrons. The number of ketones is 1. The van der Waals surface area contributed by atoms with E-state index in [-0.39, 0.29) is 72.7 Å². The second kappa shape index (κ2) is 20.6. The van der Waals surface area contributed by atoms with Gasteiger partial charge < -0.3 is 52.5 Å². The van der Waals surface area contributed by atoms with Crippen molar-refractivity contribution in [2.45, 2.75) is 78.0 Å². The third-order valence-electron chi connectivity index (χ3n) is 7.13. The van der Waals surface area contributed by atoms with E-state index in [1.807, 2.05) is 27.7 Å². The van der Waals surface area contributed by atoms with E-state index >= 15 is 0 Å². The minimum Gasteiger partial charge on any atom is -0.481 e. The molecular formula is C30H47ClN10O9. The molecule has 0 spiro atoms. The molecule has 2 aromatic heterocycles. The van der Waals surface area contributed by atoms with Gasteiger partial charge in [0.25, 0.3) is 23.6 Å². The number of H-pyrrole nitrogens is 2. The number of imidazole rings is 2. The van der Waals surface area contributed by atoms with E-state index < -0.39 is 65.9 Å². The number of aromatic amines is 2. The molecule has 2 heterocycles. The first-order chi connectivity index (χ1) is 23.0. The first-order valence-electron chi connectivity index (χ1n) is 15.7. The van der Waals surface area contributed by atoms with Crippen LogP contribution >= 0.6 is 12.4 Å². The van der Waals surface area contributed by atoms with Crippen molar-refractivity contribution in [2.75, 3.05) is 19.6 Å². The quantitative estimate of drug-likeness (QED) is 0.0772. The Bertz CT molecular complexity index is 1490. The number of carboxylic acids is 2. The van der Waals surface area contributed by atoms with Crippen LogP contribution in [0.2, 0.25) is 0 Å². The molecule has 0 aliphatic heterocycles. The molecule has 4 amide bonds. The van der Waals surface area contributed by atoms with Crippen LogP contribution in [-0.4, -0.2) is 115 Å². The lowest BCUT2D eigenvalue weighted by atomic mass is 10.0. The molecule has 50 heavy (non-hydrogen) atoms. The zero-order valence-corrected chi connectivity index (χ0v) is 29.3. The van der Waals surface area contributed by atoms with Gasteiger partial charge in [-0.15, -0.1) is 12.4 Å². The van der Waals surface area contributed by atoms with Gasteiger partial charge in [-0.1, -0.05) is 27.7 Å². The third-order valence-corrected chi connectivity index (χ3v) is 7.13. The van der Waals surface area contributed by atoms with Crippen LogP contribution in [0.25, 0.3) is 0 Å². The predicted molar refractivity (Wildman–Crippen MR) is 181 cm³/mol. The van der Waals surface area contributed by atoms with Crippen molar-refractivity contribution in [3.63, 3.8) is 0 Å². The molecule has 0 radical (unpaired) electrons. The van der Waals surface area contributed by atoms with Gasteiger partial charge in [-0.2, -0.15) is 0 Å². The van der Waals surface area contributed by atoms with Crippen molar-refractivity contribution in [1.29, 1.82) is 0 Å². The molecule has 0 aliphatic rings. The van der Waals surface area contributed by atoms with Crippen molar-refractivity contribution in [3.05, 3.63) is 35.4 Å². The Morgan fingerprint density at radius 2 is 1.22 bits per heavy atom. The van der Waals surface area contributed by atoms with Gasteiger partial charge in [0.1, 0.15) is 17.4 Å². The Labute approximate surface area is 294 Å². The highest BCUT2D eigenvalue weighted by atomic mass is 35.5. The number of halogens is 1. The van der Waals surface area contributed by atoms with Gasteiger partial charge >= 0.3 is 11.9 Å². The fraction of sp³-hybridized carbons (Fsp3) is 0.567. The molecular weight excluding hydrogens is 680 g/mol. The van der Waals surface area contributed by atoms with Crippen LogP contribution in [0.3, 0.4) is 0 Å². The van der Waals surface area contributed by atoms with Crippen LogP contribution in [-0.2, 0) is 14.4 Å². The highest BCUT2D eigenvalue weighted by Crippen LogP contribution is 2.10. The molecule has 4 atom stereocenters. The second-order valence-electron chi connectivity index (χ2n) is 12.3. The van der Waals surface area contributed by atoms with E-state index in [9.17, 15) is 38.7 Å². The number of Topliss-reactive ketones (excluding diaryl/α,β-unsaturated/α-hetero) is 1. The Morgan fingerprint density at radius 3 is 1.68 bits per heavy atom. The largest absolute Gasteiger partial charge is 0.481 e. The zero-order chi connectivity index (χ0) is 36.8. The van der Waals surface area contributed by atoms with Crippen LogP contribution in [0.1, 0.15) is 95.8 Å². The first-order valence-corrected chi connectivity index (χ1v) is 15.7. The number of hydrogen-bond donors (Lipinski definition) is 10. The number of nitrogens with zero attached hydrogens (tertiary/aromatic N) is 2. The zero-order valence-electron chi connectivity index (χ0n) is 28.5. The third kappa shape index (κ3) is 13.6. The highest BCUT2D eigenvalue weighted by molar-refractivity contribution is 6.07. The molecule has 0 unspecified atom stereocenters. The van der Waals surface area contributed by atoms with E-state index in [1.165, 1.54) is 13.3 Å². The first kappa shape index (κ1) is 43.1. The van der Waals surface area contributed by atoms with E-state index in [4.69, 9.17) is 10.8 Å². The summed E-state index contributed by atoms with van der Waals surface area (Å²) in [7, 11) is 0. The lowest BCUT2D eigenvalue weighted by molar-refractivity contribution is -0.145. The van der Waals surface area contributed by atoms with Crippen LogP contribution in [0.4, 0.5) is 0 Å². The summed E-state index contributed by atoms with van der Waals surface area (Å²) >= 11 is 0. The topological polar surface area (TPSA) is 303 Å². The molecule has 2 rings (SSSR count). The van der Waals surface area contributed by atoms with Gasteiger partial charge in [-0.25, -0.2) is 14.8 Å². The number of nitrogens with one attached hydrogen (secondary N) is 7. The molecule has 2 aromatic rings. The molecule has 0 saturated carbocycles. The standard InChI is InChI=1S/C30H46N10O9.ClH/c1-14(2)6-17(9-31)38-27(45)23-22(33-12-34-23)26(44)37-16(5)20(41)11-32-10-18(7-15(3)4)39-28(46)24-25(36-13-35-24)29(47)40-19(30(48)49)8-21(42)43;/h12-19,32H,6-11,31H2,1-5H3,(H,33,34)(H,35,36)(H,37,44)(H,38,45)(H,39,46)(H,40,47)(H,42,43)(H,48,49);1H/t16-,17-,18-,19-;/m0./s1. The molecule has 0 aromatic carbocycles. The van der Waals surface area contributed by atoms with E-state index in [0.29, 0.717) is 12.8 Å². The van der Waals surface area contributed by atoms with Gasteiger partial charge in [-0.3, -0.25) is 28.8 Å². The summed E-state index contributed by atoms with van der Waals surface area (Å²) in [5.74, 6) is -6.12. The van der Waals surface area contributed by atoms with Gasteiger partial charge in [0.05, 0.1) is 31.7 Å². The van der Waals surface area contributed by atoms with Crippen LogP contribution in [0, 0.1) is 11.8 Å². The summed E-state index contributed by atoms with van der Waals surface area (Å²) in [4.78, 5) is 99.6. The number of carbonyl (C=O) groups is 7. The summed E-state index contributed by atoms with van der Waals surface area (Å²) in [5, 5.41) is 31.2. The average molecular weight is 727 g/mol. The second-order valence-corrected chi connectivity index (χ2v) is 12.3. The van der Waals surface area contributed by atoms with Crippen LogP contribution < -0.4 is 32.3 Å². The smallest absolute Gasteiger partial charge is 0.326 e. The summed E-state index contributed by atoms with van der Waals surface area (Å²) in [5.41, 5.74) is 4.81. The number of aliphatic carboxylic acids is 2. The maximum Gasteiger partial charge on any atom is 0.326 e. The molecule has 19 nitrogen and oxygen atoms in total. The lowest BCUT2D eigenvalue weighted by Gasteiger charge is -2.21. The maximum atomic E-state index is 13.1. The number of nitrogens with two attached hydrogens (primary N) is 1. The van der Waals surface area contributed by atoms with Crippen molar-refractivity contribution >= 4 is 53.8 Å². The number of carbonyl (C=O) groups excluding carboxylic acids is 5. The van der Waals surface area contributed by atoms with Gasteiger partial charge in [0.15, 0.2) is 17.2 Å². The fourth-order valence-corrected chi connectivity index (χ4v) is 4.81. The molecule has 0 aliphatic carbocycles. The Morgan fingerprint density at radius 1 is 0.740 bits per heavy atom. The number of aromatic nitrogens is 4. The summed E-state index contributed by atoms with van der Waals surface area (Å²) in [6, 6.07) is -3.55. The minimum absolute atomic E-state index is 0. The maximum absolute atomic E-state index is 13.1. The number of hydrogen-bond acceptors (Lipinski definition) is 11.